The molecule has 0 fully saturated rings. The SMILES string of the molecule is Cc1nc(Cc2cccc(Br)c2)nc(N)c1C(N)=O. The van der Waals surface area contributed by atoms with Crippen molar-refractivity contribution in [3.05, 3.63) is 51.4 Å². The minimum absolute atomic E-state index is 0.130. The summed E-state index contributed by atoms with van der Waals surface area (Å²) in [5, 5.41) is 0. The van der Waals surface area contributed by atoms with Crippen LogP contribution in [0, 0.1) is 6.92 Å². The van der Waals surface area contributed by atoms with Crippen LogP contribution in [0.25, 0.3) is 0 Å². The zero-order valence-corrected chi connectivity index (χ0v) is 11.9. The lowest BCUT2D eigenvalue weighted by Crippen LogP contribution is -2.18. The van der Waals surface area contributed by atoms with Gasteiger partial charge in [-0.15, -0.1) is 0 Å². The van der Waals surface area contributed by atoms with E-state index in [-0.39, 0.29) is 11.4 Å². The Kier molecular flexibility index (Phi) is 3.80. The molecule has 98 valence electrons. The van der Waals surface area contributed by atoms with Crippen LogP contribution >= 0.6 is 15.9 Å². The summed E-state index contributed by atoms with van der Waals surface area (Å²) in [6.45, 7) is 1.70. The molecule has 0 spiro atoms. The van der Waals surface area contributed by atoms with Crippen molar-refractivity contribution in [2.75, 3.05) is 5.73 Å². The molecule has 1 amide bonds. The molecule has 6 heteroatoms. The van der Waals surface area contributed by atoms with E-state index in [0.29, 0.717) is 17.9 Å². The first-order chi connectivity index (χ1) is 8.97. The summed E-state index contributed by atoms with van der Waals surface area (Å²) in [5.41, 5.74) is 12.7. The summed E-state index contributed by atoms with van der Waals surface area (Å²) in [6, 6.07) is 7.84. The second-order valence-corrected chi connectivity index (χ2v) is 5.07. The number of carbonyl (C=O) groups is 1. The molecule has 0 aliphatic rings. The van der Waals surface area contributed by atoms with E-state index in [1.54, 1.807) is 6.92 Å². The molecule has 0 aliphatic heterocycles. The fraction of sp³-hybridized carbons (Fsp3) is 0.154. The summed E-state index contributed by atoms with van der Waals surface area (Å²) in [4.78, 5) is 19.6. The van der Waals surface area contributed by atoms with Crippen LogP contribution in [0.2, 0.25) is 0 Å². The number of hydrogen-bond acceptors (Lipinski definition) is 4. The number of primary amides is 1. The average Bonchev–Trinajstić information content (AvgIpc) is 2.27. The number of carbonyl (C=O) groups excluding carboxylic acids is 1. The standard InChI is InChI=1S/C13H13BrN4O/c1-7-11(13(16)19)12(15)18-10(17-7)6-8-3-2-4-9(14)5-8/h2-5H,6H2,1H3,(H2,16,19)(H2,15,17,18). The Morgan fingerprint density at radius 2 is 2.11 bits per heavy atom. The van der Waals surface area contributed by atoms with Crippen LogP contribution < -0.4 is 11.5 Å². The minimum Gasteiger partial charge on any atom is -0.383 e. The van der Waals surface area contributed by atoms with E-state index in [2.05, 4.69) is 25.9 Å². The molecule has 1 aromatic heterocycles. The molecule has 1 heterocycles. The van der Waals surface area contributed by atoms with Crippen LogP contribution in [0.5, 0.6) is 0 Å². The van der Waals surface area contributed by atoms with Crippen molar-refractivity contribution in [2.45, 2.75) is 13.3 Å². The van der Waals surface area contributed by atoms with Crippen LogP contribution in [0.4, 0.5) is 5.82 Å². The highest BCUT2D eigenvalue weighted by molar-refractivity contribution is 9.10. The lowest BCUT2D eigenvalue weighted by molar-refractivity contribution is 0.1000. The predicted molar refractivity (Wildman–Crippen MR) is 76.6 cm³/mol. The van der Waals surface area contributed by atoms with E-state index in [1.165, 1.54) is 0 Å². The molecular weight excluding hydrogens is 308 g/mol. The minimum atomic E-state index is -0.607. The predicted octanol–water partition coefficient (Wildman–Crippen LogP) is 1.82. The average molecular weight is 321 g/mol. The molecule has 0 aliphatic carbocycles. The van der Waals surface area contributed by atoms with Crippen molar-refractivity contribution in [1.82, 2.24) is 9.97 Å². The Balaban J connectivity index is 2.35. The van der Waals surface area contributed by atoms with E-state index in [1.807, 2.05) is 24.3 Å². The van der Waals surface area contributed by atoms with Crippen molar-refractivity contribution in [1.29, 1.82) is 0 Å². The van der Waals surface area contributed by atoms with Crippen LogP contribution in [-0.2, 0) is 6.42 Å². The second kappa shape index (κ2) is 5.36. The van der Waals surface area contributed by atoms with Gasteiger partial charge in [0.1, 0.15) is 17.2 Å². The van der Waals surface area contributed by atoms with E-state index in [0.717, 1.165) is 10.0 Å². The highest BCUT2D eigenvalue weighted by atomic mass is 79.9. The number of nitrogen functional groups attached to an aromatic ring is 1. The Labute approximate surface area is 119 Å². The van der Waals surface area contributed by atoms with Crippen molar-refractivity contribution < 1.29 is 4.79 Å². The molecule has 2 rings (SSSR count). The number of hydrogen-bond donors (Lipinski definition) is 2. The number of anilines is 1. The van der Waals surface area contributed by atoms with E-state index in [4.69, 9.17) is 11.5 Å². The van der Waals surface area contributed by atoms with Crippen LogP contribution in [0.15, 0.2) is 28.7 Å². The molecule has 1 aromatic carbocycles. The molecule has 0 atom stereocenters. The Bertz CT molecular complexity index is 619. The third-order valence-electron chi connectivity index (χ3n) is 2.66. The zero-order valence-electron chi connectivity index (χ0n) is 10.4. The normalized spacial score (nSPS) is 10.4. The zero-order chi connectivity index (χ0) is 14.0. The molecule has 2 aromatic rings. The fourth-order valence-corrected chi connectivity index (χ4v) is 2.31. The Hall–Kier alpha value is -1.95. The summed E-state index contributed by atoms with van der Waals surface area (Å²) in [6.07, 6.45) is 0.545. The van der Waals surface area contributed by atoms with Crippen LogP contribution in [0.3, 0.4) is 0 Å². The molecule has 0 saturated heterocycles. The third-order valence-corrected chi connectivity index (χ3v) is 3.16. The molecule has 5 nitrogen and oxygen atoms in total. The quantitative estimate of drug-likeness (QED) is 0.901. The molecule has 0 unspecified atom stereocenters. The number of nitrogens with zero attached hydrogens (tertiary/aromatic N) is 2. The van der Waals surface area contributed by atoms with Gasteiger partial charge >= 0.3 is 0 Å². The molecule has 0 saturated carbocycles. The molecule has 4 N–H and O–H groups in total. The fourth-order valence-electron chi connectivity index (χ4n) is 1.87. The summed E-state index contributed by atoms with van der Waals surface area (Å²) < 4.78 is 0.989. The Morgan fingerprint density at radius 1 is 1.37 bits per heavy atom. The first kappa shape index (κ1) is 13.5. The van der Waals surface area contributed by atoms with Gasteiger partial charge in [-0.2, -0.15) is 0 Å². The van der Waals surface area contributed by atoms with Gasteiger partial charge in [-0.1, -0.05) is 28.1 Å². The smallest absolute Gasteiger partial charge is 0.254 e. The highest BCUT2D eigenvalue weighted by Crippen LogP contribution is 2.17. The molecule has 0 radical (unpaired) electrons. The highest BCUT2D eigenvalue weighted by Gasteiger charge is 2.14. The van der Waals surface area contributed by atoms with E-state index < -0.39 is 5.91 Å². The van der Waals surface area contributed by atoms with Gasteiger partial charge < -0.3 is 11.5 Å². The van der Waals surface area contributed by atoms with Gasteiger partial charge in [0.2, 0.25) is 0 Å². The first-order valence-corrected chi connectivity index (χ1v) is 6.44. The topological polar surface area (TPSA) is 94.9 Å². The maximum atomic E-state index is 11.2. The molecule has 19 heavy (non-hydrogen) atoms. The Morgan fingerprint density at radius 3 is 2.68 bits per heavy atom. The second-order valence-electron chi connectivity index (χ2n) is 4.16. The number of rotatable bonds is 3. The number of aromatic nitrogens is 2. The van der Waals surface area contributed by atoms with Crippen molar-refractivity contribution in [3.63, 3.8) is 0 Å². The van der Waals surface area contributed by atoms with Crippen molar-refractivity contribution in [3.8, 4) is 0 Å². The van der Waals surface area contributed by atoms with Gasteiger partial charge in [0.25, 0.3) is 5.91 Å². The monoisotopic (exact) mass is 320 g/mol. The van der Waals surface area contributed by atoms with Gasteiger partial charge in [-0.3, -0.25) is 4.79 Å². The number of halogens is 1. The summed E-state index contributed by atoms with van der Waals surface area (Å²) in [7, 11) is 0. The van der Waals surface area contributed by atoms with Crippen LogP contribution in [0.1, 0.15) is 27.4 Å². The molecule has 0 bridgehead atoms. The summed E-state index contributed by atoms with van der Waals surface area (Å²) >= 11 is 3.41. The van der Waals surface area contributed by atoms with Gasteiger partial charge in [-0.25, -0.2) is 9.97 Å². The lowest BCUT2D eigenvalue weighted by atomic mass is 10.1. The number of nitrogens with two attached hydrogens (primary N) is 2. The third kappa shape index (κ3) is 3.08. The van der Waals surface area contributed by atoms with Gasteiger partial charge in [0.05, 0.1) is 5.69 Å². The maximum absolute atomic E-state index is 11.2. The van der Waals surface area contributed by atoms with Crippen molar-refractivity contribution in [2.24, 2.45) is 5.73 Å². The number of benzene rings is 1. The van der Waals surface area contributed by atoms with Crippen LogP contribution in [-0.4, -0.2) is 15.9 Å². The number of aryl methyl sites for hydroxylation is 1. The first-order valence-electron chi connectivity index (χ1n) is 5.64. The van der Waals surface area contributed by atoms with Gasteiger partial charge in [0, 0.05) is 10.9 Å². The molecular formula is C13H13BrN4O. The largest absolute Gasteiger partial charge is 0.383 e. The van der Waals surface area contributed by atoms with E-state index in [9.17, 15) is 4.79 Å². The van der Waals surface area contributed by atoms with E-state index >= 15 is 0 Å². The van der Waals surface area contributed by atoms with Gasteiger partial charge in [0.15, 0.2) is 0 Å². The van der Waals surface area contributed by atoms with Crippen molar-refractivity contribution >= 4 is 27.7 Å². The lowest BCUT2D eigenvalue weighted by Gasteiger charge is -2.08. The maximum Gasteiger partial charge on any atom is 0.254 e. The summed E-state index contributed by atoms with van der Waals surface area (Å²) in [5.74, 6) is 0.0899. The van der Waals surface area contributed by atoms with Gasteiger partial charge in [-0.05, 0) is 24.6 Å². The number of amides is 1.